The predicted molar refractivity (Wildman–Crippen MR) is 119 cm³/mol. The van der Waals surface area contributed by atoms with E-state index >= 15 is 0 Å². The van der Waals surface area contributed by atoms with Crippen LogP contribution >= 0.6 is 23.2 Å². The zero-order valence-electron chi connectivity index (χ0n) is 16.4. The zero-order chi connectivity index (χ0) is 19.1. The Labute approximate surface area is 178 Å². The highest BCUT2D eigenvalue weighted by atomic mass is 35.5. The molecule has 146 valence electrons. The molecule has 2 bridgehead atoms. The summed E-state index contributed by atoms with van der Waals surface area (Å²) in [6.45, 7) is 0. The minimum absolute atomic E-state index is 0.199. The molecule has 3 aliphatic rings. The summed E-state index contributed by atoms with van der Waals surface area (Å²) in [4.78, 5) is 0. The maximum atomic E-state index is 6.26. The standard InChI is InChI=1S/C26H28Cl2/c27-21-12-8-18(9-13-21)25-24-7-3-1-2-6-23(24)19-5-4-16-26(25,17-19)20-10-14-22(28)15-11-20/h8-15,19,25H,1-7,16-17H2. The number of allylic oxidation sites excluding steroid dienone is 2. The molecule has 28 heavy (non-hydrogen) atoms. The van der Waals surface area contributed by atoms with Gasteiger partial charge in [-0.3, -0.25) is 0 Å². The van der Waals surface area contributed by atoms with Gasteiger partial charge in [0.1, 0.15) is 0 Å². The third-order valence-electron chi connectivity index (χ3n) is 7.61. The van der Waals surface area contributed by atoms with Crippen LogP contribution in [0.25, 0.3) is 0 Å². The minimum atomic E-state index is 0.199. The summed E-state index contributed by atoms with van der Waals surface area (Å²) in [6.07, 6.45) is 11.9. The number of rotatable bonds is 2. The van der Waals surface area contributed by atoms with Crippen LogP contribution in [0.5, 0.6) is 0 Å². The van der Waals surface area contributed by atoms with Gasteiger partial charge in [0.05, 0.1) is 0 Å². The quantitative estimate of drug-likeness (QED) is 0.435. The van der Waals surface area contributed by atoms with Crippen LogP contribution in [0.4, 0.5) is 0 Å². The zero-order valence-corrected chi connectivity index (χ0v) is 17.9. The molecule has 2 aromatic rings. The monoisotopic (exact) mass is 410 g/mol. The summed E-state index contributed by atoms with van der Waals surface area (Å²) in [6, 6.07) is 17.5. The highest BCUT2D eigenvalue weighted by Gasteiger charge is 2.50. The van der Waals surface area contributed by atoms with Crippen molar-refractivity contribution >= 4 is 23.2 Å². The molecular formula is C26H28Cl2. The van der Waals surface area contributed by atoms with Gasteiger partial charge in [0.2, 0.25) is 0 Å². The van der Waals surface area contributed by atoms with Crippen LogP contribution < -0.4 is 0 Å². The SMILES string of the molecule is Clc1ccc(C2C3=C(CCCCC3)C3CCCC2(c2ccc(Cl)cc2)C3)cc1. The van der Waals surface area contributed by atoms with E-state index in [0.29, 0.717) is 5.92 Å². The van der Waals surface area contributed by atoms with Crippen LogP contribution in [0.1, 0.15) is 74.8 Å². The summed E-state index contributed by atoms with van der Waals surface area (Å²) in [7, 11) is 0. The van der Waals surface area contributed by atoms with Gasteiger partial charge in [-0.1, -0.05) is 71.5 Å². The fraction of sp³-hybridized carbons (Fsp3) is 0.462. The van der Waals surface area contributed by atoms with Gasteiger partial charge in [-0.15, -0.1) is 0 Å². The molecule has 0 saturated heterocycles. The van der Waals surface area contributed by atoms with E-state index in [-0.39, 0.29) is 5.41 Å². The van der Waals surface area contributed by atoms with Crippen LogP contribution in [-0.4, -0.2) is 0 Å². The van der Waals surface area contributed by atoms with E-state index in [9.17, 15) is 0 Å². The second-order valence-electron chi connectivity index (χ2n) is 9.05. The lowest BCUT2D eigenvalue weighted by Crippen LogP contribution is -2.44. The molecule has 0 spiro atoms. The number of fused-ring (bicyclic) bond motifs is 3. The second-order valence-corrected chi connectivity index (χ2v) is 9.92. The Balaban J connectivity index is 1.72. The number of hydrogen-bond acceptors (Lipinski definition) is 0. The van der Waals surface area contributed by atoms with E-state index in [1.54, 1.807) is 5.57 Å². The maximum Gasteiger partial charge on any atom is 0.0406 e. The predicted octanol–water partition coefficient (Wildman–Crippen LogP) is 8.48. The molecule has 0 nitrogen and oxygen atoms in total. The average molecular weight is 411 g/mol. The fourth-order valence-corrected chi connectivity index (χ4v) is 6.76. The molecule has 0 heterocycles. The molecule has 0 N–H and O–H groups in total. The van der Waals surface area contributed by atoms with E-state index in [0.717, 1.165) is 16.0 Å². The van der Waals surface area contributed by atoms with Gasteiger partial charge in [-0.2, -0.15) is 0 Å². The highest BCUT2D eigenvalue weighted by molar-refractivity contribution is 6.30. The topological polar surface area (TPSA) is 0 Å². The summed E-state index contributed by atoms with van der Waals surface area (Å²) >= 11 is 12.5. The molecule has 2 aromatic carbocycles. The van der Waals surface area contributed by atoms with Crippen molar-refractivity contribution in [3.05, 3.63) is 80.8 Å². The lowest BCUT2D eigenvalue weighted by Gasteiger charge is -2.53. The first kappa shape index (κ1) is 18.8. The van der Waals surface area contributed by atoms with Crippen molar-refractivity contribution in [2.75, 3.05) is 0 Å². The van der Waals surface area contributed by atoms with E-state index in [1.165, 1.54) is 68.9 Å². The van der Waals surface area contributed by atoms with Crippen molar-refractivity contribution in [3.8, 4) is 0 Å². The highest BCUT2D eigenvalue weighted by Crippen LogP contribution is 2.61. The average Bonchev–Trinajstić information content (AvgIpc) is 2.96. The summed E-state index contributed by atoms with van der Waals surface area (Å²) in [5, 5.41) is 1.66. The molecule has 0 radical (unpaired) electrons. The normalized spacial score (nSPS) is 29.9. The molecular weight excluding hydrogens is 383 g/mol. The molecule has 1 saturated carbocycles. The molecule has 2 heteroatoms. The van der Waals surface area contributed by atoms with E-state index < -0.39 is 0 Å². The Morgan fingerprint density at radius 1 is 0.714 bits per heavy atom. The number of halogens is 2. The summed E-state index contributed by atoms with van der Waals surface area (Å²) in [5.74, 6) is 1.26. The van der Waals surface area contributed by atoms with E-state index in [1.807, 2.05) is 5.57 Å². The van der Waals surface area contributed by atoms with E-state index in [2.05, 4.69) is 48.5 Å². The Bertz CT molecular complexity index is 878. The Kier molecular flexibility index (Phi) is 5.06. The first-order valence-corrected chi connectivity index (χ1v) is 11.7. The lowest BCUT2D eigenvalue weighted by atomic mass is 9.51. The third-order valence-corrected chi connectivity index (χ3v) is 8.11. The molecule has 3 atom stereocenters. The molecule has 0 amide bonds. The van der Waals surface area contributed by atoms with Crippen LogP contribution in [0.2, 0.25) is 10.0 Å². The van der Waals surface area contributed by atoms with Gasteiger partial charge in [-0.25, -0.2) is 0 Å². The van der Waals surface area contributed by atoms with Gasteiger partial charge >= 0.3 is 0 Å². The van der Waals surface area contributed by atoms with Crippen molar-refractivity contribution in [1.82, 2.24) is 0 Å². The number of hydrogen-bond donors (Lipinski definition) is 0. The van der Waals surface area contributed by atoms with E-state index in [4.69, 9.17) is 23.2 Å². The van der Waals surface area contributed by atoms with Gasteiger partial charge < -0.3 is 0 Å². The fourth-order valence-electron chi connectivity index (χ4n) is 6.51. The van der Waals surface area contributed by atoms with Crippen molar-refractivity contribution in [1.29, 1.82) is 0 Å². The molecule has 3 unspecified atom stereocenters. The van der Waals surface area contributed by atoms with Crippen molar-refractivity contribution < 1.29 is 0 Å². The van der Waals surface area contributed by atoms with Gasteiger partial charge in [0.25, 0.3) is 0 Å². The molecule has 3 aliphatic carbocycles. The molecule has 0 aliphatic heterocycles. The van der Waals surface area contributed by atoms with Crippen molar-refractivity contribution in [2.24, 2.45) is 5.92 Å². The van der Waals surface area contributed by atoms with Gasteiger partial charge in [0.15, 0.2) is 0 Å². The second kappa shape index (κ2) is 7.54. The van der Waals surface area contributed by atoms with Crippen LogP contribution in [0.15, 0.2) is 59.7 Å². The third kappa shape index (κ3) is 3.14. The minimum Gasteiger partial charge on any atom is -0.0843 e. The molecule has 1 fully saturated rings. The van der Waals surface area contributed by atoms with Gasteiger partial charge in [-0.05, 0) is 86.3 Å². The van der Waals surface area contributed by atoms with Crippen molar-refractivity contribution in [2.45, 2.75) is 69.1 Å². The number of benzene rings is 2. The largest absolute Gasteiger partial charge is 0.0843 e. The Morgan fingerprint density at radius 3 is 2.07 bits per heavy atom. The van der Waals surface area contributed by atoms with Gasteiger partial charge in [0, 0.05) is 21.4 Å². The maximum absolute atomic E-state index is 6.26. The van der Waals surface area contributed by atoms with Crippen LogP contribution in [0.3, 0.4) is 0 Å². The van der Waals surface area contributed by atoms with Crippen LogP contribution in [0, 0.1) is 5.92 Å². The first-order chi connectivity index (χ1) is 13.7. The summed E-state index contributed by atoms with van der Waals surface area (Å²) in [5.41, 5.74) is 6.73. The van der Waals surface area contributed by atoms with Crippen LogP contribution in [-0.2, 0) is 5.41 Å². The van der Waals surface area contributed by atoms with Crippen molar-refractivity contribution in [3.63, 3.8) is 0 Å². The Morgan fingerprint density at radius 2 is 1.36 bits per heavy atom. The molecule has 0 aromatic heterocycles. The first-order valence-electron chi connectivity index (χ1n) is 10.9. The smallest absolute Gasteiger partial charge is 0.0406 e. The molecule has 5 rings (SSSR count). The summed E-state index contributed by atoms with van der Waals surface area (Å²) < 4.78 is 0. The lowest BCUT2D eigenvalue weighted by molar-refractivity contribution is 0.190. The Hall–Kier alpha value is -1.24.